The van der Waals surface area contributed by atoms with E-state index in [9.17, 15) is 8.42 Å². The molecule has 0 amide bonds. The molecule has 1 heterocycles. The van der Waals surface area contributed by atoms with Gasteiger partial charge in [-0.05, 0) is 19.1 Å². The average molecular weight is 456 g/mol. The highest BCUT2D eigenvalue weighted by Crippen LogP contribution is 2.29. The molecule has 0 N–H and O–H groups in total. The normalized spacial score (nSPS) is 28.7. The van der Waals surface area contributed by atoms with Crippen LogP contribution in [0.2, 0.25) is 0 Å². The molecule has 1 fully saturated rings. The number of hydrogen-bond acceptors (Lipinski definition) is 6. The fourth-order valence-corrected chi connectivity index (χ4v) is 4.30. The maximum atomic E-state index is 12.5. The van der Waals surface area contributed by atoms with Gasteiger partial charge in [0.15, 0.2) is 6.29 Å². The van der Waals surface area contributed by atoms with Crippen molar-refractivity contribution in [2.75, 3.05) is 18.6 Å². The first kappa shape index (κ1) is 19.1. The quantitative estimate of drug-likeness (QED) is 0.372. The zero-order valence-corrected chi connectivity index (χ0v) is 16.2. The van der Waals surface area contributed by atoms with Crippen molar-refractivity contribution in [2.45, 2.75) is 42.8 Å². The molecule has 0 aliphatic carbocycles. The van der Waals surface area contributed by atoms with Gasteiger partial charge in [0.2, 0.25) is 0 Å². The van der Waals surface area contributed by atoms with E-state index < -0.39 is 22.5 Å². The molecule has 0 radical (unpaired) electrons. The smallest absolute Gasteiger partial charge is 0.297 e. The Morgan fingerprint density at radius 2 is 1.83 bits per heavy atom. The summed E-state index contributed by atoms with van der Waals surface area (Å²) in [5, 5.41) is 0. The first-order valence-electron chi connectivity index (χ1n) is 7.18. The highest BCUT2D eigenvalue weighted by atomic mass is 127. The number of methoxy groups -OCH3 is 2. The lowest BCUT2D eigenvalue weighted by Gasteiger charge is -2.38. The summed E-state index contributed by atoms with van der Waals surface area (Å²) in [5.41, 5.74) is 0.984. The van der Waals surface area contributed by atoms with Crippen LogP contribution in [0.4, 0.5) is 0 Å². The second-order valence-electron chi connectivity index (χ2n) is 5.34. The Hall–Kier alpha value is -0.260. The third kappa shape index (κ3) is 4.64. The van der Waals surface area contributed by atoms with Crippen molar-refractivity contribution in [3.05, 3.63) is 29.8 Å². The number of hydrogen-bond donors (Lipinski definition) is 0. The van der Waals surface area contributed by atoms with Gasteiger partial charge in [-0.25, -0.2) is 0 Å². The molecule has 0 unspecified atom stereocenters. The second kappa shape index (κ2) is 8.21. The maximum absolute atomic E-state index is 12.5. The van der Waals surface area contributed by atoms with E-state index in [-0.39, 0.29) is 17.1 Å². The molecule has 1 aliphatic heterocycles. The van der Waals surface area contributed by atoms with Crippen LogP contribution in [0.25, 0.3) is 0 Å². The zero-order chi connectivity index (χ0) is 17.0. The predicted octanol–water partition coefficient (Wildman–Crippen LogP) is 2.28. The SMILES string of the molecule is CO[C@H]1O[C@H](CI)[C@@H](OS(=O)(=O)c2ccc(C)cc2)C[C@@H]1OC. The molecular weight excluding hydrogens is 435 g/mol. The van der Waals surface area contributed by atoms with Gasteiger partial charge in [-0.2, -0.15) is 8.42 Å². The van der Waals surface area contributed by atoms with Crippen molar-refractivity contribution >= 4 is 32.7 Å². The molecule has 1 aromatic rings. The van der Waals surface area contributed by atoms with Gasteiger partial charge in [0.25, 0.3) is 10.1 Å². The molecule has 4 atom stereocenters. The van der Waals surface area contributed by atoms with E-state index in [1.165, 1.54) is 14.2 Å². The van der Waals surface area contributed by atoms with Crippen LogP contribution in [0.1, 0.15) is 12.0 Å². The summed E-state index contributed by atoms with van der Waals surface area (Å²) in [6.07, 6.45) is -1.52. The molecule has 1 saturated heterocycles. The van der Waals surface area contributed by atoms with Gasteiger partial charge in [0.05, 0.1) is 11.0 Å². The standard InChI is InChI=1S/C15H21IO6S/c1-10-4-6-11(7-5-10)23(17,18)22-12-8-13(19-2)15(20-3)21-14(12)9-16/h4-7,12-15H,8-9H2,1-3H3/t12-,13-,14+,15-/m0/s1. The predicted molar refractivity (Wildman–Crippen MR) is 93.2 cm³/mol. The Bertz CT molecular complexity index is 603. The molecule has 1 aromatic carbocycles. The zero-order valence-electron chi connectivity index (χ0n) is 13.3. The summed E-state index contributed by atoms with van der Waals surface area (Å²) in [6, 6.07) is 6.56. The van der Waals surface area contributed by atoms with Crippen LogP contribution in [0.15, 0.2) is 29.2 Å². The third-order valence-electron chi connectivity index (χ3n) is 3.74. The van der Waals surface area contributed by atoms with Gasteiger partial charge in [-0.15, -0.1) is 0 Å². The van der Waals surface area contributed by atoms with Gasteiger partial charge in [0.1, 0.15) is 12.2 Å². The number of ether oxygens (including phenoxy) is 3. The second-order valence-corrected chi connectivity index (χ2v) is 7.80. The number of benzene rings is 1. The lowest BCUT2D eigenvalue weighted by Crippen LogP contribution is -2.50. The van der Waals surface area contributed by atoms with Crippen LogP contribution in [0.3, 0.4) is 0 Å². The number of halogens is 1. The molecule has 23 heavy (non-hydrogen) atoms. The number of aryl methyl sites for hydroxylation is 1. The lowest BCUT2D eigenvalue weighted by atomic mass is 10.0. The lowest BCUT2D eigenvalue weighted by molar-refractivity contribution is -0.251. The van der Waals surface area contributed by atoms with E-state index in [1.807, 2.05) is 6.92 Å². The largest absolute Gasteiger partial charge is 0.376 e. The highest BCUT2D eigenvalue weighted by molar-refractivity contribution is 14.1. The summed E-state index contributed by atoms with van der Waals surface area (Å²) < 4.78 is 47.3. The topological polar surface area (TPSA) is 71.1 Å². The van der Waals surface area contributed by atoms with Crippen molar-refractivity contribution in [1.82, 2.24) is 0 Å². The summed E-state index contributed by atoms with van der Waals surface area (Å²) in [5.74, 6) is 0. The van der Waals surface area contributed by atoms with Crippen LogP contribution in [0, 0.1) is 6.92 Å². The summed E-state index contributed by atoms with van der Waals surface area (Å²) >= 11 is 2.14. The van der Waals surface area contributed by atoms with Gasteiger partial charge >= 0.3 is 0 Å². The van der Waals surface area contributed by atoms with E-state index in [4.69, 9.17) is 18.4 Å². The van der Waals surface area contributed by atoms with Gasteiger partial charge in [-0.1, -0.05) is 40.3 Å². The van der Waals surface area contributed by atoms with E-state index in [0.29, 0.717) is 10.8 Å². The Morgan fingerprint density at radius 1 is 1.17 bits per heavy atom. The van der Waals surface area contributed by atoms with Crippen molar-refractivity contribution < 1.29 is 26.8 Å². The van der Waals surface area contributed by atoms with Gasteiger partial charge in [-0.3, -0.25) is 4.18 Å². The fourth-order valence-electron chi connectivity index (χ4n) is 2.41. The van der Waals surface area contributed by atoms with Crippen LogP contribution in [-0.4, -0.2) is 51.7 Å². The average Bonchev–Trinajstić information content (AvgIpc) is 2.54. The monoisotopic (exact) mass is 456 g/mol. The maximum Gasteiger partial charge on any atom is 0.297 e. The van der Waals surface area contributed by atoms with Crippen molar-refractivity contribution in [3.8, 4) is 0 Å². The highest BCUT2D eigenvalue weighted by Gasteiger charge is 2.41. The number of alkyl halides is 1. The van der Waals surface area contributed by atoms with Crippen molar-refractivity contribution in [2.24, 2.45) is 0 Å². The summed E-state index contributed by atoms with van der Waals surface area (Å²) in [7, 11) is -0.785. The van der Waals surface area contributed by atoms with Crippen molar-refractivity contribution in [1.29, 1.82) is 0 Å². The first-order valence-corrected chi connectivity index (χ1v) is 10.1. The Morgan fingerprint density at radius 3 is 2.35 bits per heavy atom. The molecule has 0 saturated carbocycles. The molecule has 0 aromatic heterocycles. The molecule has 0 bridgehead atoms. The van der Waals surface area contributed by atoms with Crippen LogP contribution in [0.5, 0.6) is 0 Å². The summed E-state index contributed by atoms with van der Waals surface area (Å²) in [6.45, 7) is 1.90. The molecule has 0 spiro atoms. The van der Waals surface area contributed by atoms with E-state index in [2.05, 4.69) is 22.6 Å². The molecular formula is C15H21IO6S. The first-order chi connectivity index (χ1) is 10.9. The minimum atomic E-state index is -3.86. The molecule has 8 heteroatoms. The summed E-state index contributed by atoms with van der Waals surface area (Å²) in [4.78, 5) is 0.137. The van der Waals surface area contributed by atoms with E-state index in [0.717, 1.165) is 5.56 Å². The molecule has 130 valence electrons. The fraction of sp³-hybridized carbons (Fsp3) is 0.600. The molecule has 6 nitrogen and oxygen atoms in total. The van der Waals surface area contributed by atoms with Crippen LogP contribution >= 0.6 is 22.6 Å². The minimum absolute atomic E-state index is 0.137. The molecule has 1 aliphatic rings. The molecule has 2 rings (SSSR count). The minimum Gasteiger partial charge on any atom is -0.376 e. The van der Waals surface area contributed by atoms with Crippen molar-refractivity contribution in [3.63, 3.8) is 0 Å². The van der Waals surface area contributed by atoms with Gasteiger partial charge in [0, 0.05) is 25.1 Å². The third-order valence-corrected chi connectivity index (χ3v) is 5.96. The van der Waals surface area contributed by atoms with E-state index >= 15 is 0 Å². The Labute approximate surface area is 150 Å². The van der Waals surface area contributed by atoms with E-state index in [1.54, 1.807) is 24.3 Å². The van der Waals surface area contributed by atoms with Gasteiger partial charge < -0.3 is 14.2 Å². The Balaban J connectivity index is 2.17. The van der Waals surface area contributed by atoms with Crippen LogP contribution in [-0.2, 0) is 28.5 Å². The van der Waals surface area contributed by atoms with Crippen LogP contribution < -0.4 is 0 Å². The number of rotatable bonds is 6. The Kier molecular flexibility index (Phi) is 6.81.